The first kappa shape index (κ1) is 11.8. The van der Waals surface area contributed by atoms with Crippen LogP contribution in [-0.4, -0.2) is 21.8 Å². The molecule has 7 heteroatoms. The van der Waals surface area contributed by atoms with Crippen molar-refractivity contribution in [3.8, 4) is 0 Å². The second-order valence-corrected chi connectivity index (χ2v) is 3.06. The lowest BCUT2D eigenvalue weighted by Gasteiger charge is -2.12. The van der Waals surface area contributed by atoms with E-state index in [0.29, 0.717) is 0 Å². The van der Waals surface area contributed by atoms with E-state index in [1.54, 1.807) is 0 Å². The standard InChI is InChI=1S/C8H8ClF2N3O/c1-2-8(10,11)6(15)13-5-3-4-12-7(9)14-5/h3-4H,2H2,1H3,(H,12,13,14,15). The van der Waals surface area contributed by atoms with Gasteiger partial charge in [-0.1, -0.05) is 6.92 Å². The van der Waals surface area contributed by atoms with Crippen molar-refractivity contribution in [1.29, 1.82) is 0 Å². The maximum absolute atomic E-state index is 12.8. The quantitative estimate of drug-likeness (QED) is 0.817. The van der Waals surface area contributed by atoms with E-state index in [1.807, 2.05) is 5.32 Å². The van der Waals surface area contributed by atoms with E-state index in [1.165, 1.54) is 19.2 Å². The minimum Gasteiger partial charge on any atom is -0.305 e. The van der Waals surface area contributed by atoms with Crippen molar-refractivity contribution in [2.75, 3.05) is 5.32 Å². The van der Waals surface area contributed by atoms with E-state index in [-0.39, 0.29) is 11.1 Å². The van der Waals surface area contributed by atoms with Crippen molar-refractivity contribution >= 4 is 23.3 Å². The van der Waals surface area contributed by atoms with Crippen LogP contribution >= 0.6 is 11.6 Å². The van der Waals surface area contributed by atoms with Gasteiger partial charge in [0.05, 0.1) is 0 Å². The number of carbonyl (C=O) groups is 1. The highest BCUT2D eigenvalue weighted by atomic mass is 35.5. The Morgan fingerprint density at radius 3 is 2.87 bits per heavy atom. The molecule has 0 aliphatic rings. The fourth-order valence-electron chi connectivity index (χ4n) is 0.773. The highest BCUT2D eigenvalue weighted by Gasteiger charge is 2.36. The van der Waals surface area contributed by atoms with Crippen LogP contribution in [0.15, 0.2) is 12.3 Å². The monoisotopic (exact) mass is 235 g/mol. The van der Waals surface area contributed by atoms with E-state index < -0.39 is 18.3 Å². The molecule has 1 rings (SSSR count). The van der Waals surface area contributed by atoms with Crippen molar-refractivity contribution < 1.29 is 13.6 Å². The highest BCUT2D eigenvalue weighted by Crippen LogP contribution is 2.19. The summed E-state index contributed by atoms with van der Waals surface area (Å²) in [5.41, 5.74) is 0. The molecule has 1 N–H and O–H groups in total. The molecular formula is C8H8ClF2N3O. The smallest absolute Gasteiger partial charge is 0.305 e. The van der Waals surface area contributed by atoms with Crippen molar-refractivity contribution in [3.05, 3.63) is 17.5 Å². The molecule has 4 nitrogen and oxygen atoms in total. The third-order valence-corrected chi connectivity index (χ3v) is 1.83. The van der Waals surface area contributed by atoms with Crippen molar-refractivity contribution in [3.63, 3.8) is 0 Å². The van der Waals surface area contributed by atoms with Gasteiger partial charge in [0.25, 0.3) is 5.91 Å². The predicted molar refractivity (Wildman–Crippen MR) is 50.9 cm³/mol. The molecule has 0 fully saturated rings. The van der Waals surface area contributed by atoms with Gasteiger partial charge in [0, 0.05) is 12.6 Å². The normalized spacial score (nSPS) is 11.2. The minimum atomic E-state index is -3.41. The highest BCUT2D eigenvalue weighted by molar-refractivity contribution is 6.28. The van der Waals surface area contributed by atoms with Crippen LogP contribution in [0.4, 0.5) is 14.6 Å². The average molecular weight is 236 g/mol. The lowest BCUT2D eigenvalue weighted by Crippen LogP contribution is -2.34. The Morgan fingerprint density at radius 1 is 1.67 bits per heavy atom. The summed E-state index contributed by atoms with van der Waals surface area (Å²) in [5, 5.41) is 1.83. The number of nitrogens with zero attached hydrogens (tertiary/aromatic N) is 2. The van der Waals surface area contributed by atoms with Crippen LogP contribution < -0.4 is 5.32 Å². The first-order chi connectivity index (χ1) is 6.95. The molecule has 0 aliphatic carbocycles. The average Bonchev–Trinajstić information content (AvgIpc) is 2.17. The number of hydrogen-bond acceptors (Lipinski definition) is 3. The van der Waals surface area contributed by atoms with Gasteiger partial charge in [0.15, 0.2) is 0 Å². The zero-order valence-corrected chi connectivity index (χ0v) is 8.55. The first-order valence-corrected chi connectivity index (χ1v) is 4.51. The molecule has 0 bridgehead atoms. The van der Waals surface area contributed by atoms with E-state index in [9.17, 15) is 13.6 Å². The Bertz CT molecular complexity index is 373. The molecule has 15 heavy (non-hydrogen) atoms. The van der Waals surface area contributed by atoms with Crippen LogP contribution in [0.1, 0.15) is 13.3 Å². The molecule has 0 unspecified atom stereocenters. The molecule has 0 aliphatic heterocycles. The van der Waals surface area contributed by atoms with Gasteiger partial charge in [-0.2, -0.15) is 8.78 Å². The third-order valence-electron chi connectivity index (χ3n) is 1.64. The van der Waals surface area contributed by atoms with Crippen molar-refractivity contribution in [2.24, 2.45) is 0 Å². The molecule has 0 radical (unpaired) electrons. The molecule has 0 spiro atoms. The second kappa shape index (κ2) is 4.48. The lowest BCUT2D eigenvalue weighted by molar-refractivity contribution is -0.139. The van der Waals surface area contributed by atoms with Crippen LogP contribution in [0, 0.1) is 0 Å². The SMILES string of the molecule is CCC(F)(F)C(=O)Nc1ccnc(Cl)n1. The molecule has 1 heterocycles. The molecule has 1 amide bonds. The summed E-state index contributed by atoms with van der Waals surface area (Å²) in [7, 11) is 0. The fraction of sp³-hybridized carbons (Fsp3) is 0.375. The van der Waals surface area contributed by atoms with Gasteiger partial charge in [0.1, 0.15) is 5.82 Å². The largest absolute Gasteiger partial charge is 0.324 e. The lowest BCUT2D eigenvalue weighted by atomic mass is 10.2. The summed E-state index contributed by atoms with van der Waals surface area (Å²) in [6.07, 6.45) is 0.687. The Kier molecular flexibility index (Phi) is 3.52. The van der Waals surface area contributed by atoms with E-state index in [0.717, 1.165) is 0 Å². The number of amides is 1. The summed E-state index contributed by atoms with van der Waals surface area (Å²) in [5.74, 6) is -4.86. The van der Waals surface area contributed by atoms with Gasteiger partial charge in [-0.3, -0.25) is 4.79 Å². The molecule has 0 aromatic carbocycles. The molecule has 1 aromatic rings. The minimum absolute atomic E-state index is 0.0480. The Hall–Kier alpha value is -1.30. The fourth-order valence-corrected chi connectivity index (χ4v) is 0.920. The van der Waals surface area contributed by atoms with Crippen molar-refractivity contribution in [2.45, 2.75) is 19.3 Å². The zero-order valence-electron chi connectivity index (χ0n) is 7.80. The number of carbonyl (C=O) groups excluding carboxylic acids is 1. The summed E-state index contributed by atoms with van der Waals surface area (Å²) >= 11 is 5.42. The number of rotatable bonds is 3. The van der Waals surface area contributed by atoms with Gasteiger partial charge >= 0.3 is 5.92 Å². The number of nitrogens with one attached hydrogen (secondary N) is 1. The van der Waals surface area contributed by atoms with E-state index >= 15 is 0 Å². The van der Waals surface area contributed by atoms with Crippen LogP contribution in [0.5, 0.6) is 0 Å². The van der Waals surface area contributed by atoms with Gasteiger partial charge in [-0.25, -0.2) is 9.97 Å². The van der Waals surface area contributed by atoms with Gasteiger partial charge in [-0.05, 0) is 17.7 Å². The van der Waals surface area contributed by atoms with Gasteiger partial charge in [-0.15, -0.1) is 0 Å². The molecule has 0 atom stereocenters. The number of hydrogen-bond donors (Lipinski definition) is 1. The molecule has 1 aromatic heterocycles. The number of alkyl halides is 2. The maximum atomic E-state index is 12.8. The van der Waals surface area contributed by atoms with E-state index in [4.69, 9.17) is 11.6 Å². The summed E-state index contributed by atoms with van der Waals surface area (Å²) in [6.45, 7) is 1.21. The Labute approximate surface area is 89.7 Å². The summed E-state index contributed by atoms with van der Waals surface area (Å²) < 4.78 is 25.7. The van der Waals surface area contributed by atoms with Gasteiger partial charge in [0.2, 0.25) is 5.28 Å². The molecule has 0 saturated heterocycles. The summed E-state index contributed by atoms with van der Waals surface area (Å²) in [4.78, 5) is 18.1. The second-order valence-electron chi connectivity index (χ2n) is 2.72. The third kappa shape index (κ3) is 3.09. The van der Waals surface area contributed by atoms with Gasteiger partial charge < -0.3 is 5.32 Å². The van der Waals surface area contributed by atoms with E-state index in [2.05, 4.69) is 9.97 Å². The van der Waals surface area contributed by atoms with Crippen LogP contribution in [-0.2, 0) is 4.79 Å². The first-order valence-electron chi connectivity index (χ1n) is 4.13. The Morgan fingerprint density at radius 2 is 2.33 bits per heavy atom. The molecule has 0 saturated carbocycles. The van der Waals surface area contributed by atoms with Crippen molar-refractivity contribution in [1.82, 2.24) is 9.97 Å². The topological polar surface area (TPSA) is 54.9 Å². The summed E-state index contributed by atoms with van der Waals surface area (Å²) in [6, 6.07) is 1.27. The number of halogens is 3. The van der Waals surface area contributed by atoms with Crippen LogP contribution in [0.2, 0.25) is 5.28 Å². The van der Waals surface area contributed by atoms with Crippen LogP contribution in [0.25, 0.3) is 0 Å². The molecular weight excluding hydrogens is 228 g/mol. The number of anilines is 1. The number of aromatic nitrogens is 2. The maximum Gasteiger partial charge on any atom is 0.324 e. The van der Waals surface area contributed by atoms with Crippen LogP contribution in [0.3, 0.4) is 0 Å². The predicted octanol–water partition coefficient (Wildman–Crippen LogP) is 2.11. The molecule has 82 valence electrons. The zero-order chi connectivity index (χ0) is 11.5. The Balaban J connectivity index is 2.75.